The highest BCUT2D eigenvalue weighted by Gasteiger charge is 2.32. The van der Waals surface area contributed by atoms with E-state index in [0.29, 0.717) is 6.54 Å². The van der Waals surface area contributed by atoms with Crippen molar-refractivity contribution in [2.45, 2.75) is 50.6 Å². The topological polar surface area (TPSA) is 61.4 Å². The summed E-state index contributed by atoms with van der Waals surface area (Å²) in [4.78, 5) is 26.2. The summed E-state index contributed by atoms with van der Waals surface area (Å²) in [6.07, 6.45) is 5.04. The van der Waals surface area contributed by atoms with Crippen molar-refractivity contribution >= 4 is 11.9 Å². The van der Waals surface area contributed by atoms with Crippen LogP contribution < -0.4 is 10.6 Å². The molecule has 1 heterocycles. The Bertz CT molecular complexity index is 629. The van der Waals surface area contributed by atoms with Crippen LogP contribution in [0.1, 0.15) is 50.1 Å². The summed E-state index contributed by atoms with van der Waals surface area (Å²) in [6, 6.07) is 6.50. The molecule has 6 heteroatoms. The van der Waals surface area contributed by atoms with Crippen molar-refractivity contribution in [1.29, 1.82) is 0 Å². The van der Waals surface area contributed by atoms with Gasteiger partial charge < -0.3 is 15.5 Å². The molecule has 1 aromatic rings. The minimum Gasteiger partial charge on any atom is -0.359 e. The third-order valence-corrected chi connectivity index (χ3v) is 5.42. The van der Waals surface area contributed by atoms with E-state index in [9.17, 15) is 14.0 Å². The first-order valence-electron chi connectivity index (χ1n) is 9.12. The number of urea groups is 1. The Morgan fingerprint density at radius 3 is 2.60 bits per heavy atom. The molecule has 25 heavy (non-hydrogen) atoms. The number of hydrogen-bond acceptors (Lipinski definition) is 2. The van der Waals surface area contributed by atoms with Crippen LogP contribution in [0.4, 0.5) is 9.18 Å². The van der Waals surface area contributed by atoms with Crippen LogP contribution in [0.5, 0.6) is 0 Å². The number of carbonyl (C=O) groups excluding carboxylic acids is 2. The van der Waals surface area contributed by atoms with E-state index in [1.165, 1.54) is 12.1 Å². The van der Waals surface area contributed by atoms with E-state index in [2.05, 4.69) is 10.6 Å². The lowest BCUT2D eigenvalue weighted by Crippen LogP contribution is -2.46. The van der Waals surface area contributed by atoms with Crippen molar-refractivity contribution < 1.29 is 14.0 Å². The zero-order valence-corrected chi connectivity index (χ0v) is 14.6. The molecule has 0 unspecified atom stereocenters. The number of rotatable bonds is 3. The zero-order valence-electron chi connectivity index (χ0n) is 14.6. The SMILES string of the molecule is CNC(=O)C1CCC(NC(=O)N2CCC[C@H]2c2cccc(F)c2)CC1. The van der Waals surface area contributed by atoms with Crippen molar-refractivity contribution in [3.05, 3.63) is 35.6 Å². The van der Waals surface area contributed by atoms with Gasteiger partial charge in [0.25, 0.3) is 0 Å². The van der Waals surface area contributed by atoms with E-state index in [1.54, 1.807) is 13.1 Å². The van der Waals surface area contributed by atoms with Crippen LogP contribution in [0.15, 0.2) is 24.3 Å². The zero-order chi connectivity index (χ0) is 17.8. The van der Waals surface area contributed by atoms with Crippen molar-refractivity contribution in [3.8, 4) is 0 Å². The Morgan fingerprint density at radius 2 is 1.92 bits per heavy atom. The molecule has 1 aromatic carbocycles. The molecule has 3 rings (SSSR count). The molecule has 1 atom stereocenters. The fraction of sp³-hybridized carbons (Fsp3) is 0.579. The molecule has 3 amide bonds. The number of halogens is 1. The molecule has 0 bridgehead atoms. The first kappa shape index (κ1) is 17.7. The lowest BCUT2D eigenvalue weighted by molar-refractivity contribution is -0.125. The molecule has 1 saturated carbocycles. The Morgan fingerprint density at radius 1 is 1.16 bits per heavy atom. The lowest BCUT2D eigenvalue weighted by Gasteiger charge is -2.31. The number of hydrogen-bond donors (Lipinski definition) is 2. The predicted molar refractivity (Wildman–Crippen MR) is 93.4 cm³/mol. The summed E-state index contributed by atoms with van der Waals surface area (Å²) in [5.41, 5.74) is 0.857. The molecule has 0 aromatic heterocycles. The lowest BCUT2D eigenvalue weighted by atomic mass is 9.85. The molecule has 2 aliphatic rings. The summed E-state index contributed by atoms with van der Waals surface area (Å²) in [6.45, 7) is 0.695. The van der Waals surface area contributed by atoms with Gasteiger partial charge in [-0.3, -0.25) is 4.79 Å². The molecule has 136 valence electrons. The summed E-state index contributed by atoms with van der Waals surface area (Å²) < 4.78 is 13.5. The average Bonchev–Trinajstić information content (AvgIpc) is 3.11. The van der Waals surface area contributed by atoms with E-state index in [1.807, 2.05) is 11.0 Å². The van der Waals surface area contributed by atoms with Crippen molar-refractivity contribution in [1.82, 2.24) is 15.5 Å². The number of benzene rings is 1. The maximum absolute atomic E-state index is 13.5. The van der Waals surface area contributed by atoms with Gasteiger partial charge in [-0.15, -0.1) is 0 Å². The molecule has 1 aliphatic heterocycles. The molecule has 0 radical (unpaired) electrons. The van der Waals surface area contributed by atoms with Gasteiger partial charge in [-0.25, -0.2) is 9.18 Å². The highest BCUT2D eigenvalue weighted by atomic mass is 19.1. The van der Waals surface area contributed by atoms with E-state index < -0.39 is 0 Å². The maximum Gasteiger partial charge on any atom is 0.318 e. The number of likely N-dealkylation sites (tertiary alicyclic amines) is 1. The summed E-state index contributed by atoms with van der Waals surface area (Å²) in [7, 11) is 1.66. The number of nitrogens with one attached hydrogen (secondary N) is 2. The number of carbonyl (C=O) groups is 2. The largest absolute Gasteiger partial charge is 0.359 e. The molecule has 0 spiro atoms. The van der Waals surface area contributed by atoms with Gasteiger partial charge in [-0.05, 0) is 56.2 Å². The molecule has 1 saturated heterocycles. The highest BCUT2D eigenvalue weighted by Crippen LogP contribution is 2.32. The van der Waals surface area contributed by atoms with Gasteiger partial charge in [0.1, 0.15) is 5.82 Å². The van der Waals surface area contributed by atoms with Crippen molar-refractivity contribution in [2.24, 2.45) is 5.92 Å². The Kier molecular flexibility index (Phi) is 5.56. The first-order chi connectivity index (χ1) is 12.1. The normalized spacial score (nSPS) is 26.3. The number of amides is 3. The van der Waals surface area contributed by atoms with Gasteiger partial charge in [-0.2, -0.15) is 0 Å². The smallest absolute Gasteiger partial charge is 0.318 e. The Balaban J connectivity index is 1.57. The molecular weight excluding hydrogens is 321 g/mol. The summed E-state index contributed by atoms with van der Waals surface area (Å²) >= 11 is 0. The average molecular weight is 347 g/mol. The number of nitrogens with zero attached hydrogens (tertiary/aromatic N) is 1. The first-order valence-corrected chi connectivity index (χ1v) is 9.12. The predicted octanol–water partition coefficient (Wildman–Crippen LogP) is 2.98. The van der Waals surface area contributed by atoms with Gasteiger partial charge in [-0.1, -0.05) is 12.1 Å². The van der Waals surface area contributed by atoms with Crippen molar-refractivity contribution in [2.75, 3.05) is 13.6 Å². The second kappa shape index (κ2) is 7.85. The van der Waals surface area contributed by atoms with Gasteiger partial charge in [0.15, 0.2) is 0 Å². The van der Waals surface area contributed by atoms with Crippen LogP contribution in [0, 0.1) is 11.7 Å². The van der Waals surface area contributed by atoms with Gasteiger partial charge in [0.05, 0.1) is 6.04 Å². The third kappa shape index (κ3) is 4.11. The van der Waals surface area contributed by atoms with Crippen LogP contribution in [0.2, 0.25) is 0 Å². The summed E-state index contributed by atoms with van der Waals surface area (Å²) in [5, 5.41) is 5.81. The molecular formula is C19H26FN3O2. The second-order valence-corrected chi connectivity index (χ2v) is 7.02. The van der Waals surface area contributed by atoms with Crippen LogP contribution in [0.3, 0.4) is 0 Å². The Labute approximate surface area is 148 Å². The standard InChI is InChI=1S/C19H26FN3O2/c1-21-18(24)13-7-9-16(10-8-13)22-19(25)23-11-3-6-17(23)14-4-2-5-15(20)12-14/h2,4-5,12-13,16-17H,3,6-11H2,1H3,(H,21,24)(H,22,25)/t13?,16?,17-/m0/s1. The van der Waals surface area contributed by atoms with Crippen LogP contribution in [-0.4, -0.2) is 36.5 Å². The fourth-order valence-electron chi connectivity index (χ4n) is 4.03. The van der Waals surface area contributed by atoms with Crippen LogP contribution >= 0.6 is 0 Å². The highest BCUT2D eigenvalue weighted by molar-refractivity contribution is 5.78. The second-order valence-electron chi connectivity index (χ2n) is 7.02. The monoisotopic (exact) mass is 347 g/mol. The minimum atomic E-state index is -0.266. The van der Waals surface area contributed by atoms with Crippen LogP contribution in [-0.2, 0) is 4.79 Å². The fourth-order valence-corrected chi connectivity index (χ4v) is 4.03. The van der Waals surface area contributed by atoms with E-state index in [4.69, 9.17) is 0 Å². The van der Waals surface area contributed by atoms with Gasteiger partial charge >= 0.3 is 6.03 Å². The molecule has 1 aliphatic carbocycles. The van der Waals surface area contributed by atoms with Crippen LogP contribution in [0.25, 0.3) is 0 Å². The summed E-state index contributed by atoms with van der Waals surface area (Å²) in [5.74, 6) is -0.113. The van der Waals surface area contributed by atoms with Gasteiger partial charge in [0.2, 0.25) is 5.91 Å². The maximum atomic E-state index is 13.5. The molecule has 2 fully saturated rings. The van der Waals surface area contributed by atoms with E-state index >= 15 is 0 Å². The quantitative estimate of drug-likeness (QED) is 0.883. The van der Waals surface area contributed by atoms with Crippen molar-refractivity contribution in [3.63, 3.8) is 0 Å². The third-order valence-electron chi connectivity index (χ3n) is 5.42. The minimum absolute atomic E-state index is 0.0575. The van der Waals surface area contributed by atoms with E-state index in [-0.39, 0.29) is 35.8 Å². The molecule has 2 N–H and O–H groups in total. The molecule has 5 nitrogen and oxygen atoms in total. The van der Waals surface area contributed by atoms with E-state index in [0.717, 1.165) is 44.1 Å². The van der Waals surface area contributed by atoms with Gasteiger partial charge in [0, 0.05) is 25.6 Å². The Hall–Kier alpha value is -2.11.